The molecule has 0 spiro atoms. The van der Waals surface area contributed by atoms with Crippen molar-refractivity contribution < 1.29 is 0 Å². The van der Waals surface area contributed by atoms with Crippen LogP contribution in [0.2, 0.25) is 0 Å². The Hall–Kier alpha value is -1.82. The molecule has 0 aliphatic carbocycles. The zero-order valence-corrected chi connectivity index (χ0v) is 11.3. The molecule has 0 saturated heterocycles. The van der Waals surface area contributed by atoms with E-state index in [-0.39, 0.29) is 0 Å². The predicted octanol–water partition coefficient (Wildman–Crippen LogP) is 1.64. The Labute approximate surface area is 110 Å². The Bertz CT molecular complexity index is 500. The maximum Gasteiger partial charge on any atom is 0.191 e. The standard InChI is InChI=1S/C12H17N5S/c1-9-4-6-18-11(9)8-15-12(13-2)14-7-10-3-5-16-17-10/h3-6H,7-8H2,1-2H3,(H,16,17)(H2,13,14,15). The van der Waals surface area contributed by atoms with E-state index in [0.29, 0.717) is 6.54 Å². The number of rotatable bonds is 4. The molecule has 18 heavy (non-hydrogen) atoms. The van der Waals surface area contributed by atoms with Gasteiger partial charge in [0.15, 0.2) is 5.96 Å². The fourth-order valence-electron chi connectivity index (χ4n) is 1.53. The summed E-state index contributed by atoms with van der Waals surface area (Å²) in [6.07, 6.45) is 1.74. The summed E-state index contributed by atoms with van der Waals surface area (Å²) < 4.78 is 0. The van der Waals surface area contributed by atoms with Crippen molar-refractivity contribution in [2.75, 3.05) is 7.05 Å². The molecule has 3 N–H and O–H groups in total. The Morgan fingerprint density at radius 3 is 2.83 bits per heavy atom. The second-order valence-electron chi connectivity index (χ2n) is 3.89. The highest BCUT2D eigenvalue weighted by Gasteiger charge is 2.02. The maximum atomic E-state index is 4.18. The fourth-order valence-corrected chi connectivity index (χ4v) is 2.38. The SMILES string of the molecule is CN=C(NCc1ccn[nH]1)NCc1sccc1C. The van der Waals surface area contributed by atoms with E-state index in [1.807, 2.05) is 6.07 Å². The summed E-state index contributed by atoms with van der Waals surface area (Å²) in [7, 11) is 1.77. The summed E-state index contributed by atoms with van der Waals surface area (Å²) in [4.78, 5) is 5.51. The molecule has 96 valence electrons. The van der Waals surface area contributed by atoms with Crippen LogP contribution in [0.4, 0.5) is 0 Å². The third kappa shape index (κ3) is 3.33. The van der Waals surface area contributed by atoms with Crippen LogP contribution in [0.5, 0.6) is 0 Å². The van der Waals surface area contributed by atoms with Gasteiger partial charge in [0.2, 0.25) is 0 Å². The Morgan fingerprint density at radius 2 is 2.22 bits per heavy atom. The van der Waals surface area contributed by atoms with Gasteiger partial charge in [-0.05, 0) is 30.0 Å². The van der Waals surface area contributed by atoms with E-state index in [1.54, 1.807) is 24.6 Å². The molecule has 0 unspecified atom stereocenters. The lowest BCUT2D eigenvalue weighted by molar-refractivity contribution is 0.793. The van der Waals surface area contributed by atoms with Crippen LogP contribution < -0.4 is 10.6 Å². The van der Waals surface area contributed by atoms with Crippen molar-refractivity contribution in [3.8, 4) is 0 Å². The number of nitrogens with one attached hydrogen (secondary N) is 3. The first-order chi connectivity index (χ1) is 8.79. The highest BCUT2D eigenvalue weighted by Crippen LogP contribution is 2.14. The van der Waals surface area contributed by atoms with Gasteiger partial charge in [0.05, 0.1) is 18.8 Å². The summed E-state index contributed by atoms with van der Waals surface area (Å²) in [5.74, 6) is 0.789. The molecule has 2 rings (SSSR count). The van der Waals surface area contributed by atoms with Crippen LogP contribution in [0, 0.1) is 6.92 Å². The molecule has 5 nitrogen and oxygen atoms in total. The summed E-state index contributed by atoms with van der Waals surface area (Å²) in [6.45, 7) is 3.60. The minimum atomic E-state index is 0.684. The van der Waals surface area contributed by atoms with Crippen molar-refractivity contribution in [3.63, 3.8) is 0 Å². The van der Waals surface area contributed by atoms with Gasteiger partial charge >= 0.3 is 0 Å². The van der Waals surface area contributed by atoms with Gasteiger partial charge in [0.25, 0.3) is 0 Å². The number of guanidine groups is 1. The first kappa shape index (κ1) is 12.6. The van der Waals surface area contributed by atoms with E-state index in [2.05, 4.69) is 44.2 Å². The molecule has 0 aliphatic heterocycles. The molecule has 0 bridgehead atoms. The van der Waals surface area contributed by atoms with Crippen molar-refractivity contribution in [3.05, 3.63) is 39.8 Å². The number of aliphatic imine (C=N–C) groups is 1. The van der Waals surface area contributed by atoms with Crippen LogP contribution in [0.1, 0.15) is 16.1 Å². The largest absolute Gasteiger partial charge is 0.352 e. The number of hydrogen-bond acceptors (Lipinski definition) is 3. The zero-order valence-electron chi connectivity index (χ0n) is 10.5. The molecule has 0 fully saturated rings. The first-order valence-electron chi connectivity index (χ1n) is 5.75. The number of aromatic amines is 1. The van der Waals surface area contributed by atoms with E-state index < -0.39 is 0 Å². The molecule has 0 saturated carbocycles. The highest BCUT2D eigenvalue weighted by atomic mass is 32.1. The maximum absolute atomic E-state index is 4.18. The molecule has 0 atom stereocenters. The van der Waals surface area contributed by atoms with E-state index in [0.717, 1.165) is 18.2 Å². The smallest absolute Gasteiger partial charge is 0.191 e. The number of H-pyrrole nitrogens is 1. The van der Waals surface area contributed by atoms with Crippen molar-refractivity contribution in [1.29, 1.82) is 0 Å². The van der Waals surface area contributed by atoms with Crippen LogP contribution in [0.25, 0.3) is 0 Å². The summed E-state index contributed by atoms with van der Waals surface area (Å²) in [5, 5.41) is 15.4. The van der Waals surface area contributed by atoms with Crippen molar-refractivity contribution in [2.45, 2.75) is 20.0 Å². The molecule has 2 heterocycles. The van der Waals surface area contributed by atoms with Crippen molar-refractivity contribution >= 4 is 17.3 Å². The number of nitrogens with zero attached hydrogens (tertiary/aromatic N) is 2. The summed E-state index contributed by atoms with van der Waals surface area (Å²) in [5.41, 5.74) is 2.35. The minimum absolute atomic E-state index is 0.684. The Balaban J connectivity index is 1.81. The van der Waals surface area contributed by atoms with Crippen LogP contribution in [0.15, 0.2) is 28.7 Å². The van der Waals surface area contributed by atoms with Gasteiger partial charge in [0.1, 0.15) is 0 Å². The van der Waals surface area contributed by atoms with Crippen LogP contribution in [-0.2, 0) is 13.1 Å². The van der Waals surface area contributed by atoms with E-state index in [9.17, 15) is 0 Å². The lowest BCUT2D eigenvalue weighted by Crippen LogP contribution is -2.36. The first-order valence-corrected chi connectivity index (χ1v) is 6.63. The molecule has 2 aromatic rings. The molecule has 6 heteroatoms. The van der Waals surface area contributed by atoms with Gasteiger partial charge in [-0.3, -0.25) is 10.1 Å². The van der Waals surface area contributed by atoms with E-state index >= 15 is 0 Å². The highest BCUT2D eigenvalue weighted by molar-refractivity contribution is 7.10. The lowest BCUT2D eigenvalue weighted by atomic mass is 10.3. The van der Waals surface area contributed by atoms with Gasteiger partial charge in [-0.15, -0.1) is 11.3 Å². The van der Waals surface area contributed by atoms with Gasteiger partial charge in [-0.1, -0.05) is 0 Å². The van der Waals surface area contributed by atoms with Gasteiger partial charge < -0.3 is 10.6 Å². The summed E-state index contributed by atoms with van der Waals surface area (Å²) >= 11 is 1.76. The number of aryl methyl sites for hydroxylation is 1. The number of thiophene rings is 1. The average molecular weight is 263 g/mol. The second kappa shape index (κ2) is 6.20. The average Bonchev–Trinajstić information content (AvgIpc) is 3.01. The van der Waals surface area contributed by atoms with Crippen LogP contribution >= 0.6 is 11.3 Å². The van der Waals surface area contributed by atoms with Gasteiger partial charge in [-0.25, -0.2) is 0 Å². The Kier molecular flexibility index (Phi) is 4.35. The monoisotopic (exact) mass is 263 g/mol. The van der Waals surface area contributed by atoms with E-state index in [1.165, 1.54) is 10.4 Å². The predicted molar refractivity (Wildman–Crippen MR) is 74.7 cm³/mol. The topological polar surface area (TPSA) is 65.1 Å². The summed E-state index contributed by atoms with van der Waals surface area (Å²) in [6, 6.07) is 4.06. The normalized spacial score (nSPS) is 11.6. The molecular weight excluding hydrogens is 246 g/mol. The van der Waals surface area contributed by atoms with Crippen molar-refractivity contribution in [1.82, 2.24) is 20.8 Å². The number of hydrogen-bond donors (Lipinski definition) is 3. The Morgan fingerprint density at radius 1 is 1.39 bits per heavy atom. The minimum Gasteiger partial charge on any atom is -0.352 e. The molecule has 0 aliphatic rings. The van der Waals surface area contributed by atoms with Crippen molar-refractivity contribution in [2.24, 2.45) is 4.99 Å². The van der Waals surface area contributed by atoms with Gasteiger partial charge in [-0.2, -0.15) is 5.10 Å². The van der Waals surface area contributed by atoms with E-state index in [4.69, 9.17) is 0 Å². The molecule has 0 aromatic carbocycles. The lowest BCUT2D eigenvalue weighted by Gasteiger charge is -2.10. The van der Waals surface area contributed by atoms with Crippen LogP contribution in [-0.4, -0.2) is 23.2 Å². The third-order valence-electron chi connectivity index (χ3n) is 2.61. The quantitative estimate of drug-likeness (QED) is 0.580. The molecular formula is C12H17N5S. The molecule has 2 aromatic heterocycles. The molecule has 0 amide bonds. The zero-order chi connectivity index (χ0) is 12.8. The fraction of sp³-hybridized carbons (Fsp3) is 0.333. The second-order valence-corrected chi connectivity index (χ2v) is 4.89. The van der Waals surface area contributed by atoms with Crippen LogP contribution in [0.3, 0.4) is 0 Å². The third-order valence-corrected chi connectivity index (χ3v) is 3.64. The van der Waals surface area contributed by atoms with Gasteiger partial charge in [0, 0.05) is 18.1 Å². The number of aromatic nitrogens is 2. The molecule has 0 radical (unpaired) electrons.